The maximum atomic E-state index is 5.65. The highest BCUT2D eigenvalue weighted by molar-refractivity contribution is 9.10. The van der Waals surface area contributed by atoms with E-state index in [4.69, 9.17) is 5.73 Å². The normalized spacial score (nSPS) is 12.0. The highest BCUT2D eigenvalue weighted by Crippen LogP contribution is 2.21. The summed E-state index contributed by atoms with van der Waals surface area (Å²) < 4.78 is 2.71. The Balaban J connectivity index is 3.13. The molecule has 62 valence electrons. The molecule has 0 bridgehead atoms. The summed E-state index contributed by atoms with van der Waals surface area (Å²) in [5.41, 5.74) is 5.65. The summed E-state index contributed by atoms with van der Waals surface area (Å²) in [6, 6.07) is 0. The third kappa shape index (κ3) is 1.74. The van der Waals surface area contributed by atoms with Crippen LogP contribution in [0.1, 0.15) is 20.8 Å². The summed E-state index contributed by atoms with van der Waals surface area (Å²) in [4.78, 5) is 4.03. The number of nitrogen functional groups attached to an aromatic ring is 1. The van der Waals surface area contributed by atoms with E-state index in [0.29, 0.717) is 5.95 Å². The van der Waals surface area contributed by atoms with Crippen LogP contribution in [-0.2, 0) is 5.54 Å². The molecule has 0 aliphatic heterocycles. The molecule has 0 aliphatic rings. The molecule has 2 N–H and O–H groups in total. The molecule has 0 radical (unpaired) electrons. The van der Waals surface area contributed by atoms with Crippen molar-refractivity contribution in [1.29, 1.82) is 0 Å². The van der Waals surface area contributed by atoms with E-state index in [1.54, 1.807) is 0 Å². The van der Waals surface area contributed by atoms with Crippen molar-refractivity contribution in [1.82, 2.24) is 9.55 Å². The maximum absolute atomic E-state index is 5.65. The van der Waals surface area contributed by atoms with E-state index in [1.165, 1.54) is 0 Å². The number of rotatable bonds is 0. The van der Waals surface area contributed by atoms with Gasteiger partial charge >= 0.3 is 0 Å². The predicted octanol–water partition coefficient (Wildman–Crippen LogP) is 1.98. The second-order valence-electron chi connectivity index (χ2n) is 3.46. The first-order chi connectivity index (χ1) is 4.91. The lowest BCUT2D eigenvalue weighted by molar-refractivity contribution is 0.402. The minimum atomic E-state index is 0.00308. The van der Waals surface area contributed by atoms with Crippen LogP contribution < -0.4 is 5.73 Å². The van der Waals surface area contributed by atoms with Gasteiger partial charge in [-0.3, -0.25) is 0 Å². The quantitative estimate of drug-likeness (QED) is 0.723. The Labute approximate surface area is 74.7 Å². The third-order valence-corrected chi connectivity index (χ3v) is 1.81. The van der Waals surface area contributed by atoms with Crippen LogP contribution in [0.5, 0.6) is 0 Å². The molecule has 1 rings (SSSR count). The van der Waals surface area contributed by atoms with Crippen LogP contribution in [-0.4, -0.2) is 9.55 Å². The van der Waals surface area contributed by atoms with E-state index < -0.39 is 0 Å². The van der Waals surface area contributed by atoms with Crippen LogP contribution in [0.25, 0.3) is 0 Å². The molecule has 1 heterocycles. The Hall–Kier alpha value is -0.510. The van der Waals surface area contributed by atoms with E-state index in [0.717, 1.165) is 4.60 Å². The number of hydrogen-bond donors (Lipinski definition) is 1. The number of imidazole rings is 1. The van der Waals surface area contributed by atoms with Crippen molar-refractivity contribution in [2.45, 2.75) is 26.3 Å². The van der Waals surface area contributed by atoms with Crippen molar-refractivity contribution in [3.63, 3.8) is 0 Å². The standard InChI is InChI=1S/C7H12BrN3/c1-7(2,3)11-4-5(8)10-6(11)9/h4H,1-3H3,(H2,9,10). The van der Waals surface area contributed by atoms with Crippen LogP contribution >= 0.6 is 15.9 Å². The predicted molar refractivity (Wildman–Crippen MR) is 49.3 cm³/mol. The van der Waals surface area contributed by atoms with Gasteiger partial charge in [-0.2, -0.15) is 0 Å². The topological polar surface area (TPSA) is 43.8 Å². The lowest BCUT2D eigenvalue weighted by Crippen LogP contribution is -2.22. The van der Waals surface area contributed by atoms with Crippen molar-refractivity contribution in [2.75, 3.05) is 5.73 Å². The molecule has 4 heteroatoms. The van der Waals surface area contributed by atoms with Crippen LogP contribution in [0, 0.1) is 0 Å². The number of anilines is 1. The average molecular weight is 218 g/mol. The maximum Gasteiger partial charge on any atom is 0.201 e. The van der Waals surface area contributed by atoms with Gasteiger partial charge in [-0.15, -0.1) is 0 Å². The molecule has 3 nitrogen and oxygen atoms in total. The SMILES string of the molecule is CC(C)(C)n1cc(Br)nc1N. The average Bonchev–Trinajstić information content (AvgIpc) is 2.08. The van der Waals surface area contributed by atoms with Crippen molar-refractivity contribution >= 4 is 21.9 Å². The molecule has 1 aromatic rings. The fraction of sp³-hybridized carbons (Fsp3) is 0.571. The highest BCUT2D eigenvalue weighted by atomic mass is 79.9. The third-order valence-electron chi connectivity index (χ3n) is 1.43. The number of halogens is 1. The monoisotopic (exact) mass is 217 g/mol. The number of nitrogens with zero attached hydrogens (tertiary/aromatic N) is 2. The fourth-order valence-corrected chi connectivity index (χ4v) is 1.29. The molecule has 0 amide bonds. The Morgan fingerprint density at radius 1 is 1.55 bits per heavy atom. The zero-order valence-electron chi connectivity index (χ0n) is 6.93. The Kier molecular flexibility index (Phi) is 1.96. The number of nitrogens with two attached hydrogens (primary N) is 1. The van der Waals surface area contributed by atoms with Crippen LogP contribution in [0.3, 0.4) is 0 Å². The molecule has 0 aliphatic carbocycles. The first-order valence-electron chi connectivity index (χ1n) is 3.42. The van der Waals surface area contributed by atoms with Crippen molar-refractivity contribution in [3.8, 4) is 0 Å². The first-order valence-corrected chi connectivity index (χ1v) is 4.21. The Morgan fingerprint density at radius 2 is 2.09 bits per heavy atom. The summed E-state index contributed by atoms with van der Waals surface area (Å²) in [5.74, 6) is 0.546. The molecule has 0 saturated heterocycles. The summed E-state index contributed by atoms with van der Waals surface area (Å²) in [6.07, 6.45) is 1.88. The second-order valence-corrected chi connectivity index (χ2v) is 4.28. The molecular formula is C7H12BrN3. The molecule has 0 spiro atoms. The zero-order chi connectivity index (χ0) is 8.65. The molecule has 0 aromatic carbocycles. The smallest absolute Gasteiger partial charge is 0.201 e. The lowest BCUT2D eigenvalue weighted by Gasteiger charge is -2.21. The molecule has 0 unspecified atom stereocenters. The van der Waals surface area contributed by atoms with E-state index in [-0.39, 0.29) is 5.54 Å². The van der Waals surface area contributed by atoms with Gasteiger partial charge in [-0.05, 0) is 36.7 Å². The van der Waals surface area contributed by atoms with Crippen molar-refractivity contribution in [3.05, 3.63) is 10.8 Å². The van der Waals surface area contributed by atoms with Gasteiger partial charge < -0.3 is 10.3 Å². The molecular weight excluding hydrogens is 206 g/mol. The zero-order valence-corrected chi connectivity index (χ0v) is 8.51. The number of hydrogen-bond acceptors (Lipinski definition) is 2. The van der Waals surface area contributed by atoms with Gasteiger partial charge in [0.25, 0.3) is 0 Å². The van der Waals surface area contributed by atoms with Gasteiger partial charge in [0.05, 0.1) is 0 Å². The largest absolute Gasteiger partial charge is 0.369 e. The van der Waals surface area contributed by atoms with E-state index in [9.17, 15) is 0 Å². The van der Waals surface area contributed by atoms with E-state index in [2.05, 4.69) is 41.7 Å². The first kappa shape index (κ1) is 8.59. The van der Waals surface area contributed by atoms with Gasteiger partial charge in [-0.25, -0.2) is 4.98 Å². The van der Waals surface area contributed by atoms with E-state index in [1.807, 2.05) is 10.8 Å². The highest BCUT2D eigenvalue weighted by Gasteiger charge is 2.16. The summed E-state index contributed by atoms with van der Waals surface area (Å²) in [7, 11) is 0. The molecule has 1 aromatic heterocycles. The second kappa shape index (κ2) is 2.52. The van der Waals surface area contributed by atoms with Gasteiger partial charge in [0.1, 0.15) is 4.60 Å². The van der Waals surface area contributed by atoms with Gasteiger partial charge in [0, 0.05) is 11.7 Å². The number of aromatic nitrogens is 2. The molecule has 0 saturated carbocycles. The minimum absolute atomic E-state index is 0.00308. The van der Waals surface area contributed by atoms with Crippen LogP contribution in [0.15, 0.2) is 10.8 Å². The van der Waals surface area contributed by atoms with Crippen molar-refractivity contribution in [2.24, 2.45) is 0 Å². The summed E-state index contributed by atoms with van der Waals surface area (Å²) >= 11 is 3.26. The molecule has 11 heavy (non-hydrogen) atoms. The molecule has 0 atom stereocenters. The van der Waals surface area contributed by atoms with Gasteiger partial charge in [0.2, 0.25) is 5.95 Å². The Bertz CT molecular complexity index is 259. The van der Waals surface area contributed by atoms with Gasteiger partial charge in [0.15, 0.2) is 0 Å². The van der Waals surface area contributed by atoms with Gasteiger partial charge in [-0.1, -0.05) is 0 Å². The fourth-order valence-electron chi connectivity index (χ4n) is 0.902. The minimum Gasteiger partial charge on any atom is -0.369 e. The van der Waals surface area contributed by atoms with E-state index >= 15 is 0 Å². The van der Waals surface area contributed by atoms with Crippen LogP contribution in [0.4, 0.5) is 5.95 Å². The summed E-state index contributed by atoms with van der Waals surface area (Å²) in [6.45, 7) is 6.24. The summed E-state index contributed by atoms with van der Waals surface area (Å²) in [5, 5.41) is 0. The Morgan fingerprint density at radius 3 is 2.27 bits per heavy atom. The molecule has 0 fully saturated rings. The lowest BCUT2D eigenvalue weighted by atomic mass is 10.1. The van der Waals surface area contributed by atoms with Crippen LogP contribution in [0.2, 0.25) is 0 Å². The van der Waals surface area contributed by atoms with Crippen molar-refractivity contribution < 1.29 is 0 Å².